The zero-order valence-corrected chi connectivity index (χ0v) is 36.3. The first-order valence-electron chi connectivity index (χ1n) is 16.8. The number of hydrogen-bond donors (Lipinski definition) is 0. The first-order chi connectivity index (χ1) is 20.6. The number of carbonyl (C=O) groups is 1. The quantitative estimate of drug-likeness (QED) is 0.119. The molecule has 0 fully saturated rings. The number of rotatable bonds is 12. The van der Waals surface area contributed by atoms with Gasteiger partial charge in [-0.3, -0.25) is 0 Å². The van der Waals surface area contributed by atoms with Gasteiger partial charge in [-0.25, -0.2) is 0 Å². The smallest absolute Gasteiger partial charge is 1.00 e. The van der Waals surface area contributed by atoms with Crippen LogP contribution in [0.4, 0.5) is 0 Å². The van der Waals surface area contributed by atoms with Crippen LogP contribution in [-0.4, -0.2) is 18.0 Å². The van der Waals surface area contributed by atoms with Crippen LogP contribution in [0.15, 0.2) is 91.0 Å². The van der Waals surface area contributed by atoms with Gasteiger partial charge in [0.05, 0.1) is 6.16 Å². The molecule has 252 valence electrons. The predicted molar refractivity (Wildman–Crippen MR) is 198 cm³/mol. The van der Waals surface area contributed by atoms with Crippen molar-refractivity contribution in [3.63, 3.8) is 0 Å². The minimum absolute atomic E-state index is 0. The van der Waals surface area contributed by atoms with Crippen molar-refractivity contribution in [2.24, 2.45) is 0 Å². The fourth-order valence-electron chi connectivity index (χ4n) is 4.28. The summed E-state index contributed by atoms with van der Waals surface area (Å²) >= 11 is 0. The largest absolute Gasteiger partial charge is 1.00 e. The Morgan fingerprint density at radius 2 is 0.778 bits per heavy atom. The minimum atomic E-state index is -1.57. The third kappa shape index (κ3) is 27.5. The van der Waals surface area contributed by atoms with Crippen molar-refractivity contribution < 1.29 is 79.7 Å². The predicted octanol–water partition coefficient (Wildman–Crippen LogP) is 4.56. The van der Waals surface area contributed by atoms with Gasteiger partial charge in [0.25, 0.3) is 0 Å². The monoisotopic (exact) mass is 728 g/mol. The van der Waals surface area contributed by atoms with Crippen molar-refractivity contribution in [2.45, 2.75) is 132 Å². The molecule has 0 N–H and O–H groups in total. The first-order valence-corrected chi connectivity index (χ1v) is 18.7. The van der Waals surface area contributed by atoms with Crippen molar-refractivity contribution >= 4 is 29.5 Å². The van der Waals surface area contributed by atoms with Crippen LogP contribution in [0.25, 0.3) is 0 Å². The van der Waals surface area contributed by atoms with E-state index < -0.39 is 12.9 Å². The van der Waals surface area contributed by atoms with Crippen molar-refractivity contribution in [1.29, 1.82) is 0 Å². The van der Waals surface area contributed by atoms with Gasteiger partial charge in [-0.05, 0) is 49.7 Å². The summed E-state index contributed by atoms with van der Waals surface area (Å²) in [4.78, 5) is 8.81. The molecule has 0 unspecified atom stereocenters. The van der Waals surface area contributed by atoms with Gasteiger partial charge in [0.1, 0.15) is 29.5 Å². The van der Waals surface area contributed by atoms with E-state index in [9.17, 15) is 5.11 Å². The van der Waals surface area contributed by atoms with Gasteiger partial charge in [0.15, 0.2) is 0 Å². The Morgan fingerprint density at radius 1 is 0.578 bits per heavy atom. The van der Waals surface area contributed by atoms with E-state index in [1.54, 1.807) is 20.8 Å². The molecule has 0 saturated heterocycles. The van der Waals surface area contributed by atoms with E-state index in [2.05, 4.69) is 126 Å². The Morgan fingerprint density at radius 3 is 0.956 bits per heavy atom. The molecule has 0 atom stereocenters. The van der Waals surface area contributed by atoms with Crippen LogP contribution in [0, 0.1) is 0 Å². The molecule has 0 aliphatic heterocycles. The Labute approximate surface area is 335 Å². The number of unbranched alkanes of at least 4 members (excludes halogenated alkanes) is 7. The van der Waals surface area contributed by atoms with E-state index in [-0.39, 0.29) is 69.8 Å². The Bertz CT molecular complexity index is 868. The van der Waals surface area contributed by atoms with Crippen LogP contribution in [0.2, 0.25) is 0 Å². The van der Waals surface area contributed by atoms with Gasteiger partial charge in [0.2, 0.25) is 0 Å². The van der Waals surface area contributed by atoms with Gasteiger partial charge in [0, 0.05) is 1.43 Å². The van der Waals surface area contributed by atoms with Crippen LogP contribution in [0.1, 0.15) is 128 Å². The molecular weight excluding hydrogens is 662 g/mol. The number of carbonyl (C=O) groups excluding carboxylic acids is 1. The van der Waals surface area contributed by atoms with E-state index in [4.69, 9.17) is 4.79 Å². The first kappa shape index (κ1) is 51.7. The molecule has 0 spiro atoms. The average molecular weight is 730 g/mol. The molecule has 0 radical (unpaired) electrons. The number of hydrogen-bond acceptors (Lipinski definition) is 2. The van der Waals surface area contributed by atoms with Gasteiger partial charge < -0.3 is 26.9 Å². The van der Waals surface area contributed by atoms with Crippen LogP contribution < -0.4 is 89.4 Å². The van der Waals surface area contributed by atoms with Crippen molar-refractivity contribution in [3.05, 3.63) is 91.0 Å². The number of benzene rings is 3. The second-order valence-corrected chi connectivity index (χ2v) is 15.3. The van der Waals surface area contributed by atoms with Crippen LogP contribution in [0.3, 0.4) is 0 Å². The zero-order chi connectivity index (χ0) is 32.8. The number of aldehydes is 1. The minimum Gasteiger partial charge on any atom is -1.00 e. The maximum atomic E-state index is 10.1. The maximum absolute atomic E-state index is 10.1. The third-order valence-electron chi connectivity index (χ3n) is 6.35. The molecule has 0 saturated carbocycles. The third-order valence-corrected chi connectivity index (χ3v) is 10.9. The summed E-state index contributed by atoms with van der Waals surface area (Å²) in [6.45, 7) is 17.6. The summed E-state index contributed by atoms with van der Waals surface area (Å²) in [7, 11) is -1.57. The Balaban J connectivity index is -0.000000202. The molecular formula is C40H67BrKO2P. The SMILES string of the molecule is CC(C)(C)[O-].CC=O.CCCCCC.CCCCCC.CCCC[P+](c1ccccc1)(c1ccccc1)c1ccccc1.[Br-].[HH].[K+]. The summed E-state index contributed by atoms with van der Waals surface area (Å²) in [6.07, 6.45) is 15.5. The van der Waals surface area contributed by atoms with Crippen LogP contribution in [0.5, 0.6) is 0 Å². The summed E-state index contributed by atoms with van der Waals surface area (Å²) < 4.78 is 0. The Hall–Kier alpha value is -0.164. The normalized spacial score (nSPS) is 9.82. The molecule has 0 bridgehead atoms. The van der Waals surface area contributed by atoms with Crippen molar-refractivity contribution in [1.82, 2.24) is 0 Å². The van der Waals surface area contributed by atoms with Crippen molar-refractivity contribution in [3.8, 4) is 0 Å². The second kappa shape index (κ2) is 35.2. The molecule has 0 aliphatic carbocycles. The molecule has 2 nitrogen and oxygen atoms in total. The second-order valence-electron chi connectivity index (χ2n) is 11.7. The van der Waals surface area contributed by atoms with E-state index >= 15 is 0 Å². The molecule has 0 heterocycles. The van der Waals surface area contributed by atoms with Crippen LogP contribution >= 0.6 is 7.26 Å². The van der Waals surface area contributed by atoms with Crippen molar-refractivity contribution in [2.75, 3.05) is 6.16 Å². The van der Waals surface area contributed by atoms with E-state index in [1.807, 2.05) is 0 Å². The summed E-state index contributed by atoms with van der Waals surface area (Å²) in [6, 6.07) is 33.4. The molecule has 45 heavy (non-hydrogen) atoms. The van der Waals surface area contributed by atoms with E-state index in [1.165, 1.54) is 93.2 Å². The molecule has 0 aromatic heterocycles. The molecule has 0 amide bonds. The fourth-order valence-corrected chi connectivity index (χ4v) is 8.78. The standard InChI is InChI=1S/C22H24P.2C6H14.C4H9O.C2H4O.BrH.K.H2/c1-2-3-19-23(20-13-7-4-8-14-20,21-15-9-5-10-16-21)22-17-11-6-12-18-22;2*1-3-5-6-4-2;1-4(2,3)5;1-2-3;;;/h4-18H,2-3,19H2,1H3;2*3-6H2,1-2H3;1-3H3;2H,1H3;1H;;1H/q+1;;;-1;;;+1;/p-1. The number of halogens is 1. The molecule has 0 aliphatic rings. The molecule has 3 rings (SSSR count). The Kier molecular flexibility index (Phi) is 40.4. The topological polar surface area (TPSA) is 40.1 Å². The molecule has 5 heteroatoms. The van der Waals surface area contributed by atoms with E-state index in [0.717, 1.165) is 6.29 Å². The van der Waals surface area contributed by atoms with E-state index in [0.29, 0.717) is 0 Å². The van der Waals surface area contributed by atoms with Crippen LogP contribution in [-0.2, 0) is 4.79 Å². The van der Waals surface area contributed by atoms with Gasteiger partial charge in [-0.15, -0.1) is 5.60 Å². The summed E-state index contributed by atoms with van der Waals surface area (Å²) in [5.41, 5.74) is -0.750. The summed E-state index contributed by atoms with van der Waals surface area (Å²) in [5, 5.41) is 14.6. The zero-order valence-electron chi connectivity index (χ0n) is 30.7. The van der Waals surface area contributed by atoms with Gasteiger partial charge in [-0.1, -0.05) is 168 Å². The van der Waals surface area contributed by atoms with Gasteiger partial charge >= 0.3 is 51.4 Å². The fraction of sp³-hybridized carbons (Fsp3) is 0.525. The molecule has 3 aromatic carbocycles. The molecule has 3 aromatic rings. The van der Waals surface area contributed by atoms with Gasteiger partial charge in [-0.2, -0.15) is 0 Å². The maximum Gasteiger partial charge on any atom is 1.00 e. The summed E-state index contributed by atoms with van der Waals surface area (Å²) in [5.74, 6) is 0. The average Bonchev–Trinajstić information content (AvgIpc) is 3.01.